The van der Waals surface area contributed by atoms with Crippen molar-refractivity contribution in [1.82, 2.24) is 19.9 Å². The summed E-state index contributed by atoms with van der Waals surface area (Å²) in [6.45, 7) is 0.666. The molecule has 0 aliphatic carbocycles. The summed E-state index contributed by atoms with van der Waals surface area (Å²) in [5, 5.41) is 4.19. The first-order valence-corrected chi connectivity index (χ1v) is 17.4. The van der Waals surface area contributed by atoms with Gasteiger partial charge in [0.15, 0.2) is 20.5 Å². The van der Waals surface area contributed by atoms with Crippen LogP contribution in [0, 0.1) is 5.82 Å². The third kappa shape index (κ3) is 7.92. The summed E-state index contributed by atoms with van der Waals surface area (Å²) in [5.41, 5.74) is 2.19. The number of aromatic nitrogens is 4. The smallest absolute Gasteiger partial charge is 0.197 e. The highest BCUT2D eigenvalue weighted by atomic mass is 79.9. The van der Waals surface area contributed by atoms with E-state index in [1.165, 1.54) is 30.7 Å². The lowest BCUT2D eigenvalue weighted by molar-refractivity contribution is 0.0173. The zero-order valence-corrected chi connectivity index (χ0v) is 27.6. The van der Waals surface area contributed by atoms with Crippen LogP contribution in [0.2, 0.25) is 0 Å². The van der Waals surface area contributed by atoms with Gasteiger partial charge < -0.3 is 19.5 Å². The fourth-order valence-corrected chi connectivity index (χ4v) is 6.76. The van der Waals surface area contributed by atoms with Gasteiger partial charge in [-0.2, -0.15) is 0 Å². The molecule has 3 aromatic heterocycles. The predicted octanol–water partition coefficient (Wildman–Crippen LogP) is 7.04. The molecular formula is C34H31BrFN5O5S. The second kappa shape index (κ2) is 14.5. The lowest BCUT2D eigenvalue weighted by Gasteiger charge is -2.28. The quantitative estimate of drug-likeness (QED) is 0.119. The average molecular weight is 721 g/mol. The number of ether oxygens (including phenoxy) is 3. The van der Waals surface area contributed by atoms with Gasteiger partial charge in [-0.25, -0.2) is 27.8 Å². The molecule has 1 unspecified atom stereocenters. The Bertz CT molecular complexity index is 1990. The minimum atomic E-state index is -3.50. The Hall–Kier alpha value is -4.46. The van der Waals surface area contributed by atoms with Gasteiger partial charge in [-0.15, -0.1) is 0 Å². The molecule has 0 spiro atoms. The Labute approximate surface area is 280 Å². The molecule has 0 fully saturated rings. The summed E-state index contributed by atoms with van der Waals surface area (Å²) >= 11 is 3.57. The van der Waals surface area contributed by atoms with Gasteiger partial charge in [-0.05, 0) is 88.9 Å². The third-order valence-electron chi connectivity index (χ3n) is 7.63. The maximum atomic E-state index is 13.5. The van der Waals surface area contributed by atoms with Gasteiger partial charge in [0.2, 0.25) is 0 Å². The molecule has 6 rings (SSSR count). The Balaban J connectivity index is 1.10. The maximum Gasteiger partial charge on any atom is 0.197 e. The summed E-state index contributed by atoms with van der Waals surface area (Å²) in [6, 6.07) is 18.6. The normalized spacial score (nSPS) is 15.9. The summed E-state index contributed by atoms with van der Waals surface area (Å²) < 4.78 is 56.9. The molecule has 4 heterocycles. The van der Waals surface area contributed by atoms with E-state index < -0.39 is 15.4 Å². The standard InChI is InChI=1S/C34H31BrFN5O5S/c35-28-19-26(9-10-30(28)45-22-24-6-3-7-25(36)18-24)41-33-27-20-31(38-21-29(27)39-23-40-33)34(12-5-15-46-34)11-4-14-44-16-17-47(42,43)32-8-1-2-13-37-32/h1-3,5-10,13,15,18-21,23H,4,11-12,14,16-17,22H2,(H,39,40,41). The van der Waals surface area contributed by atoms with Crippen LogP contribution in [0.4, 0.5) is 15.9 Å². The molecule has 0 radical (unpaired) electrons. The van der Waals surface area contributed by atoms with Crippen molar-refractivity contribution in [3.05, 3.63) is 119 Å². The second-order valence-electron chi connectivity index (χ2n) is 10.9. The molecule has 0 amide bonds. The van der Waals surface area contributed by atoms with E-state index in [1.54, 1.807) is 30.7 Å². The molecule has 0 bridgehead atoms. The molecule has 242 valence electrons. The van der Waals surface area contributed by atoms with Crippen molar-refractivity contribution in [2.24, 2.45) is 0 Å². The van der Waals surface area contributed by atoms with E-state index in [4.69, 9.17) is 19.2 Å². The van der Waals surface area contributed by atoms with Crippen molar-refractivity contribution in [3.8, 4) is 5.75 Å². The van der Waals surface area contributed by atoms with Gasteiger partial charge in [0.25, 0.3) is 0 Å². The van der Waals surface area contributed by atoms with Crippen LogP contribution in [-0.4, -0.2) is 47.3 Å². The number of pyridine rings is 2. The number of benzene rings is 2. The minimum absolute atomic E-state index is 0.0458. The monoisotopic (exact) mass is 719 g/mol. The van der Waals surface area contributed by atoms with Crippen molar-refractivity contribution in [1.29, 1.82) is 0 Å². The number of halogens is 2. The number of hydrogen-bond acceptors (Lipinski definition) is 10. The van der Waals surface area contributed by atoms with Gasteiger partial charge in [-0.1, -0.05) is 18.2 Å². The van der Waals surface area contributed by atoms with Gasteiger partial charge >= 0.3 is 0 Å². The molecule has 10 nitrogen and oxygen atoms in total. The van der Waals surface area contributed by atoms with Crippen LogP contribution in [0.3, 0.4) is 0 Å². The van der Waals surface area contributed by atoms with E-state index in [2.05, 4.69) is 36.2 Å². The van der Waals surface area contributed by atoms with Crippen LogP contribution < -0.4 is 10.1 Å². The lowest BCUT2D eigenvalue weighted by atomic mass is 9.90. The molecule has 5 aromatic rings. The van der Waals surface area contributed by atoms with E-state index in [9.17, 15) is 12.8 Å². The first-order chi connectivity index (χ1) is 22.8. The maximum absolute atomic E-state index is 13.5. The molecule has 1 atom stereocenters. The molecule has 1 N–H and O–H groups in total. The molecular weight excluding hydrogens is 689 g/mol. The molecule has 1 aliphatic rings. The number of sulfone groups is 1. The van der Waals surface area contributed by atoms with Crippen molar-refractivity contribution in [2.75, 3.05) is 24.3 Å². The number of anilines is 2. The van der Waals surface area contributed by atoms with E-state index in [1.807, 2.05) is 36.4 Å². The van der Waals surface area contributed by atoms with Crippen LogP contribution in [0.1, 0.15) is 30.5 Å². The Kier molecular flexibility index (Phi) is 10.0. The predicted molar refractivity (Wildman–Crippen MR) is 178 cm³/mol. The Morgan fingerprint density at radius 1 is 1.00 bits per heavy atom. The Morgan fingerprint density at radius 2 is 1.91 bits per heavy atom. The molecule has 1 aliphatic heterocycles. The fourth-order valence-electron chi connectivity index (χ4n) is 5.21. The lowest BCUT2D eigenvalue weighted by Crippen LogP contribution is -2.27. The highest BCUT2D eigenvalue weighted by Crippen LogP contribution is 2.39. The number of hydrogen-bond donors (Lipinski definition) is 1. The fraction of sp³-hybridized carbons (Fsp3) is 0.235. The number of rotatable bonds is 14. The molecule has 0 saturated heterocycles. The van der Waals surface area contributed by atoms with E-state index in [0.717, 1.165) is 26.8 Å². The Morgan fingerprint density at radius 3 is 2.70 bits per heavy atom. The first kappa shape index (κ1) is 32.5. The van der Waals surface area contributed by atoms with Crippen LogP contribution in [0.25, 0.3) is 10.9 Å². The highest BCUT2D eigenvalue weighted by molar-refractivity contribution is 9.10. The van der Waals surface area contributed by atoms with Crippen LogP contribution in [0.15, 0.2) is 107 Å². The van der Waals surface area contributed by atoms with Gasteiger partial charge in [0.1, 0.15) is 30.3 Å². The first-order valence-electron chi connectivity index (χ1n) is 14.9. The van der Waals surface area contributed by atoms with E-state index >= 15 is 0 Å². The van der Waals surface area contributed by atoms with Crippen molar-refractivity contribution in [2.45, 2.75) is 36.5 Å². The molecule has 47 heavy (non-hydrogen) atoms. The average Bonchev–Trinajstić information content (AvgIpc) is 3.56. The van der Waals surface area contributed by atoms with Gasteiger partial charge in [0, 0.05) is 30.3 Å². The molecule has 0 saturated carbocycles. The highest BCUT2D eigenvalue weighted by Gasteiger charge is 2.37. The van der Waals surface area contributed by atoms with E-state index in [-0.39, 0.29) is 29.8 Å². The van der Waals surface area contributed by atoms with Gasteiger partial charge in [0.05, 0.1) is 40.5 Å². The van der Waals surface area contributed by atoms with Crippen molar-refractivity contribution >= 4 is 48.2 Å². The number of nitrogens with one attached hydrogen (secondary N) is 1. The summed E-state index contributed by atoms with van der Waals surface area (Å²) in [7, 11) is -3.50. The molecule has 13 heteroatoms. The van der Waals surface area contributed by atoms with Crippen LogP contribution in [0.5, 0.6) is 5.75 Å². The van der Waals surface area contributed by atoms with Crippen molar-refractivity contribution in [3.63, 3.8) is 0 Å². The third-order valence-corrected chi connectivity index (χ3v) is 9.83. The zero-order valence-electron chi connectivity index (χ0n) is 25.2. The van der Waals surface area contributed by atoms with Crippen molar-refractivity contribution < 1.29 is 27.0 Å². The molecule has 2 aromatic carbocycles. The van der Waals surface area contributed by atoms with Crippen LogP contribution in [-0.2, 0) is 31.5 Å². The van der Waals surface area contributed by atoms with Gasteiger partial charge in [-0.3, -0.25) is 4.98 Å². The summed E-state index contributed by atoms with van der Waals surface area (Å²) in [4.78, 5) is 17.5. The topological polar surface area (TPSA) is 125 Å². The largest absolute Gasteiger partial charge is 0.489 e. The number of fused-ring (bicyclic) bond motifs is 1. The SMILES string of the molecule is O=S(=O)(CCOCCCC1(c2cc3c(Nc4ccc(OCc5cccc(F)c5)c(Br)c4)ncnc3cn2)CC=CO1)c1ccccn1. The van der Waals surface area contributed by atoms with E-state index in [0.29, 0.717) is 43.0 Å². The number of nitrogens with zero attached hydrogens (tertiary/aromatic N) is 4. The summed E-state index contributed by atoms with van der Waals surface area (Å²) in [5.74, 6) is 0.762. The minimum Gasteiger partial charge on any atom is -0.489 e. The summed E-state index contributed by atoms with van der Waals surface area (Å²) in [6.07, 6.45) is 10.1. The van der Waals surface area contributed by atoms with Crippen LogP contribution >= 0.6 is 15.9 Å². The zero-order chi connectivity index (χ0) is 32.7. The second-order valence-corrected chi connectivity index (χ2v) is 13.8.